The zero-order valence-corrected chi connectivity index (χ0v) is 12.3. The summed E-state index contributed by atoms with van der Waals surface area (Å²) in [7, 11) is 1.93. The zero-order chi connectivity index (χ0) is 14.0. The molecule has 0 unspecified atom stereocenters. The maximum atomic E-state index is 6.27. The summed E-state index contributed by atoms with van der Waals surface area (Å²) in [5.41, 5.74) is 9.27. The molecule has 0 aliphatic rings. The van der Waals surface area contributed by atoms with Crippen LogP contribution in [-0.4, -0.2) is 19.3 Å². The van der Waals surface area contributed by atoms with E-state index in [1.807, 2.05) is 17.9 Å². The van der Waals surface area contributed by atoms with Crippen LogP contribution in [0.15, 0.2) is 6.20 Å². The molecule has 2 aromatic heterocycles. The van der Waals surface area contributed by atoms with E-state index in [4.69, 9.17) is 10.7 Å². The molecule has 0 radical (unpaired) electrons. The Labute approximate surface area is 114 Å². The predicted octanol–water partition coefficient (Wildman–Crippen LogP) is 2.40. The third kappa shape index (κ3) is 2.37. The molecule has 2 aromatic rings. The molecule has 19 heavy (non-hydrogen) atoms. The fourth-order valence-corrected chi connectivity index (χ4v) is 2.47. The Kier molecular flexibility index (Phi) is 3.93. The van der Waals surface area contributed by atoms with Crippen molar-refractivity contribution in [2.75, 3.05) is 5.73 Å². The van der Waals surface area contributed by atoms with Crippen LogP contribution in [0.4, 0.5) is 5.82 Å². The van der Waals surface area contributed by atoms with Gasteiger partial charge < -0.3 is 10.3 Å². The van der Waals surface area contributed by atoms with Crippen molar-refractivity contribution in [2.45, 2.75) is 46.6 Å². The number of aryl methyl sites for hydroxylation is 3. The second-order valence-corrected chi connectivity index (χ2v) is 4.77. The normalized spacial score (nSPS) is 11.2. The van der Waals surface area contributed by atoms with Crippen molar-refractivity contribution in [2.24, 2.45) is 7.05 Å². The molecule has 0 aliphatic heterocycles. The van der Waals surface area contributed by atoms with Gasteiger partial charge in [0.25, 0.3) is 0 Å². The first-order valence-corrected chi connectivity index (χ1v) is 7.00. The molecule has 5 heteroatoms. The lowest BCUT2D eigenvalue weighted by Crippen LogP contribution is -2.05. The SMILES string of the molecule is CCCc1nc(-c2cn(C)nc2CC)c(N)n1CC. The minimum atomic E-state index is 0.758. The van der Waals surface area contributed by atoms with E-state index < -0.39 is 0 Å². The highest BCUT2D eigenvalue weighted by molar-refractivity contribution is 5.72. The van der Waals surface area contributed by atoms with Crippen LogP contribution >= 0.6 is 0 Å². The minimum Gasteiger partial charge on any atom is -0.383 e. The van der Waals surface area contributed by atoms with E-state index >= 15 is 0 Å². The van der Waals surface area contributed by atoms with Gasteiger partial charge in [0.2, 0.25) is 0 Å². The van der Waals surface area contributed by atoms with Crippen LogP contribution in [0, 0.1) is 0 Å². The van der Waals surface area contributed by atoms with Crippen LogP contribution in [0.5, 0.6) is 0 Å². The number of nitrogens with two attached hydrogens (primary N) is 1. The Morgan fingerprint density at radius 1 is 1.26 bits per heavy atom. The Hall–Kier alpha value is -1.78. The van der Waals surface area contributed by atoms with Gasteiger partial charge in [-0.25, -0.2) is 4.98 Å². The first kappa shape index (κ1) is 13.6. The second-order valence-electron chi connectivity index (χ2n) is 4.77. The molecule has 0 saturated heterocycles. The van der Waals surface area contributed by atoms with Crippen LogP contribution in [0.3, 0.4) is 0 Å². The first-order valence-electron chi connectivity index (χ1n) is 7.00. The van der Waals surface area contributed by atoms with E-state index in [0.29, 0.717) is 0 Å². The van der Waals surface area contributed by atoms with Crippen LogP contribution in [0.25, 0.3) is 11.3 Å². The van der Waals surface area contributed by atoms with Crippen molar-refractivity contribution in [1.29, 1.82) is 0 Å². The highest BCUT2D eigenvalue weighted by atomic mass is 15.3. The van der Waals surface area contributed by atoms with Crippen molar-refractivity contribution in [3.63, 3.8) is 0 Å². The molecule has 0 amide bonds. The molecule has 0 spiro atoms. The maximum Gasteiger partial charge on any atom is 0.131 e. The molecule has 2 rings (SSSR count). The molecule has 0 aliphatic carbocycles. The average Bonchev–Trinajstić information content (AvgIpc) is 2.90. The van der Waals surface area contributed by atoms with Gasteiger partial charge in [-0.15, -0.1) is 0 Å². The molecule has 104 valence electrons. The van der Waals surface area contributed by atoms with Crippen molar-refractivity contribution < 1.29 is 0 Å². The Morgan fingerprint density at radius 3 is 2.58 bits per heavy atom. The van der Waals surface area contributed by atoms with Crippen molar-refractivity contribution in [3.8, 4) is 11.3 Å². The summed E-state index contributed by atoms with van der Waals surface area (Å²) < 4.78 is 3.93. The topological polar surface area (TPSA) is 61.7 Å². The van der Waals surface area contributed by atoms with E-state index in [-0.39, 0.29) is 0 Å². The fourth-order valence-electron chi connectivity index (χ4n) is 2.47. The number of nitrogen functional groups attached to an aromatic ring is 1. The number of nitrogens with zero attached hydrogens (tertiary/aromatic N) is 4. The second kappa shape index (κ2) is 5.47. The molecule has 5 nitrogen and oxygen atoms in total. The van der Waals surface area contributed by atoms with Gasteiger partial charge in [-0.3, -0.25) is 4.68 Å². The number of rotatable bonds is 5. The van der Waals surface area contributed by atoms with E-state index in [9.17, 15) is 0 Å². The van der Waals surface area contributed by atoms with Crippen molar-refractivity contribution >= 4 is 5.82 Å². The highest BCUT2D eigenvalue weighted by Crippen LogP contribution is 2.29. The highest BCUT2D eigenvalue weighted by Gasteiger charge is 2.18. The third-order valence-electron chi connectivity index (χ3n) is 3.37. The number of aromatic nitrogens is 4. The smallest absolute Gasteiger partial charge is 0.131 e. The van der Waals surface area contributed by atoms with Gasteiger partial charge in [-0.1, -0.05) is 13.8 Å². The summed E-state index contributed by atoms with van der Waals surface area (Å²) in [5, 5.41) is 4.47. The van der Waals surface area contributed by atoms with Crippen molar-refractivity contribution in [3.05, 3.63) is 17.7 Å². The maximum absolute atomic E-state index is 6.27. The summed E-state index contributed by atoms with van der Waals surface area (Å²) >= 11 is 0. The van der Waals surface area contributed by atoms with Gasteiger partial charge in [0.05, 0.1) is 5.69 Å². The Bertz CT molecular complexity index is 565. The lowest BCUT2D eigenvalue weighted by Gasteiger charge is -2.05. The molecule has 0 aromatic carbocycles. The van der Waals surface area contributed by atoms with E-state index in [2.05, 4.69) is 30.4 Å². The number of anilines is 1. The fraction of sp³-hybridized carbons (Fsp3) is 0.571. The van der Waals surface area contributed by atoms with Gasteiger partial charge in [-0.05, 0) is 19.8 Å². The van der Waals surface area contributed by atoms with Gasteiger partial charge in [0.15, 0.2) is 0 Å². The van der Waals surface area contributed by atoms with Crippen LogP contribution < -0.4 is 5.73 Å². The molecule has 0 atom stereocenters. The van der Waals surface area contributed by atoms with Gasteiger partial charge in [0, 0.05) is 31.8 Å². The van der Waals surface area contributed by atoms with Crippen molar-refractivity contribution in [1.82, 2.24) is 19.3 Å². The average molecular weight is 261 g/mol. The molecule has 2 N–H and O–H groups in total. The summed E-state index contributed by atoms with van der Waals surface area (Å²) in [6, 6.07) is 0. The lowest BCUT2D eigenvalue weighted by molar-refractivity contribution is 0.690. The Morgan fingerprint density at radius 2 is 2.00 bits per heavy atom. The van der Waals surface area contributed by atoms with Gasteiger partial charge in [0.1, 0.15) is 17.3 Å². The molecule has 2 heterocycles. The zero-order valence-electron chi connectivity index (χ0n) is 12.3. The summed E-state index contributed by atoms with van der Waals surface area (Å²) in [5.74, 6) is 1.83. The molecular formula is C14H23N5. The predicted molar refractivity (Wildman–Crippen MR) is 77.9 cm³/mol. The number of hydrogen-bond acceptors (Lipinski definition) is 3. The molecular weight excluding hydrogens is 238 g/mol. The molecule has 0 bridgehead atoms. The quantitative estimate of drug-likeness (QED) is 0.899. The summed E-state index contributed by atoms with van der Waals surface area (Å²) in [4.78, 5) is 4.75. The third-order valence-corrected chi connectivity index (χ3v) is 3.37. The monoisotopic (exact) mass is 261 g/mol. The summed E-state index contributed by atoms with van der Waals surface area (Å²) in [6.45, 7) is 7.22. The molecule has 0 saturated carbocycles. The van der Waals surface area contributed by atoms with Gasteiger partial charge >= 0.3 is 0 Å². The summed E-state index contributed by atoms with van der Waals surface area (Å²) in [6.07, 6.45) is 4.92. The van der Waals surface area contributed by atoms with Gasteiger partial charge in [-0.2, -0.15) is 5.10 Å². The standard InChI is InChI=1S/C14H23N5/c1-5-8-12-16-13(14(15)19(12)7-3)10-9-18(4)17-11(10)6-2/h9H,5-8,15H2,1-4H3. The minimum absolute atomic E-state index is 0.758. The van der Waals surface area contributed by atoms with E-state index in [0.717, 1.165) is 54.4 Å². The van der Waals surface area contributed by atoms with Crippen LogP contribution in [0.1, 0.15) is 38.7 Å². The van der Waals surface area contributed by atoms with Crippen LogP contribution in [0.2, 0.25) is 0 Å². The number of hydrogen-bond donors (Lipinski definition) is 1. The molecule has 0 fully saturated rings. The van der Waals surface area contributed by atoms with E-state index in [1.165, 1.54) is 0 Å². The Balaban J connectivity index is 2.55. The van der Waals surface area contributed by atoms with Crippen LogP contribution in [-0.2, 0) is 26.4 Å². The lowest BCUT2D eigenvalue weighted by atomic mass is 10.1. The number of imidazole rings is 1. The van der Waals surface area contributed by atoms with E-state index in [1.54, 1.807) is 0 Å². The largest absolute Gasteiger partial charge is 0.383 e. The first-order chi connectivity index (χ1) is 9.12.